The Morgan fingerprint density at radius 2 is 1.83 bits per heavy atom. The van der Waals surface area contributed by atoms with Crippen molar-refractivity contribution in [2.75, 3.05) is 20.3 Å². The minimum Gasteiger partial charge on any atom is -0.452 e. The van der Waals surface area contributed by atoms with E-state index >= 15 is 0 Å². The summed E-state index contributed by atoms with van der Waals surface area (Å²) in [7, 11) is 1.54. The van der Waals surface area contributed by atoms with Crippen LogP contribution in [0.3, 0.4) is 0 Å². The van der Waals surface area contributed by atoms with E-state index in [2.05, 4.69) is 10.6 Å². The Bertz CT molecular complexity index is 542. The van der Waals surface area contributed by atoms with E-state index in [-0.39, 0.29) is 24.5 Å². The van der Waals surface area contributed by atoms with Crippen molar-refractivity contribution in [1.29, 1.82) is 0 Å². The molecule has 7 heteroatoms. The van der Waals surface area contributed by atoms with E-state index in [0.29, 0.717) is 18.7 Å². The maximum Gasteiger partial charge on any atom is 0.338 e. The summed E-state index contributed by atoms with van der Waals surface area (Å²) in [5.41, 5.74) is 1.21. The maximum atomic E-state index is 11.8. The van der Waals surface area contributed by atoms with Crippen LogP contribution in [0, 0.1) is 0 Å². The molecular formula is C16H22N2O5. The molecule has 0 aliphatic heterocycles. The van der Waals surface area contributed by atoms with Crippen LogP contribution >= 0.6 is 0 Å². The first-order valence-electron chi connectivity index (χ1n) is 7.21. The SMILES string of the molecule is COCC(C)NC(=O)COC(=O)c1ccc(CNC(C)=O)cc1. The lowest BCUT2D eigenvalue weighted by Gasteiger charge is -2.12. The smallest absolute Gasteiger partial charge is 0.338 e. The molecule has 1 aromatic rings. The van der Waals surface area contributed by atoms with Crippen LogP contribution in [0.15, 0.2) is 24.3 Å². The second-order valence-electron chi connectivity index (χ2n) is 5.11. The predicted molar refractivity (Wildman–Crippen MR) is 83.7 cm³/mol. The van der Waals surface area contributed by atoms with Crippen molar-refractivity contribution in [2.24, 2.45) is 0 Å². The van der Waals surface area contributed by atoms with Crippen molar-refractivity contribution in [2.45, 2.75) is 26.4 Å². The van der Waals surface area contributed by atoms with Gasteiger partial charge in [0, 0.05) is 26.6 Å². The molecular weight excluding hydrogens is 300 g/mol. The average Bonchev–Trinajstić information content (AvgIpc) is 2.51. The van der Waals surface area contributed by atoms with Gasteiger partial charge < -0.3 is 20.1 Å². The van der Waals surface area contributed by atoms with Crippen molar-refractivity contribution < 1.29 is 23.9 Å². The third-order valence-electron chi connectivity index (χ3n) is 2.89. The van der Waals surface area contributed by atoms with Crippen LogP contribution in [0.2, 0.25) is 0 Å². The minimum atomic E-state index is -0.578. The first-order valence-corrected chi connectivity index (χ1v) is 7.21. The highest BCUT2D eigenvalue weighted by molar-refractivity contribution is 5.91. The summed E-state index contributed by atoms with van der Waals surface area (Å²) in [6.07, 6.45) is 0. The number of benzene rings is 1. The fraction of sp³-hybridized carbons (Fsp3) is 0.438. The zero-order valence-electron chi connectivity index (χ0n) is 13.5. The Labute approximate surface area is 135 Å². The van der Waals surface area contributed by atoms with E-state index in [0.717, 1.165) is 5.56 Å². The molecule has 2 amide bonds. The number of hydrogen-bond donors (Lipinski definition) is 2. The van der Waals surface area contributed by atoms with Gasteiger partial charge in [-0.2, -0.15) is 0 Å². The van der Waals surface area contributed by atoms with Crippen molar-refractivity contribution in [3.05, 3.63) is 35.4 Å². The van der Waals surface area contributed by atoms with Gasteiger partial charge in [0.25, 0.3) is 5.91 Å². The van der Waals surface area contributed by atoms with Crippen LogP contribution in [0.5, 0.6) is 0 Å². The largest absolute Gasteiger partial charge is 0.452 e. The van der Waals surface area contributed by atoms with E-state index in [9.17, 15) is 14.4 Å². The van der Waals surface area contributed by atoms with Gasteiger partial charge in [-0.1, -0.05) is 12.1 Å². The molecule has 1 unspecified atom stereocenters. The van der Waals surface area contributed by atoms with Crippen LogP contribution in [0.4, 0.5) is 0 Å². The average molecular weight is 322 g/mol. The Balaban J connectivity index is 2.42. The van der Waals surface area contributed by atoms with Crippen LogP contribution < -0.4 is 10.6 Å². The lowest BCUT2D eigenvalue weighted by Crippen LogP contribution is -2.38. The molecule has 126 valence electrons. The van der Waals surface area contributed by atoms with Gasteiger partial charge in [0.2, 0.25) is 5.91 Å². The molecule has 23 heavy (non-hydrogen) atoms. The monoisotopic (exact) mass is 322 g/mol. The van der Waals surface area contributed by atoms with E-state index in [1.807, 2.05) is 0 Å². The van der Waals surface area contributed by atoms with Crippen LogP contribution in [0.25, 0.3) is 0 Å². The van der Waals surface area contributed by atoms with Gasteiger partial charge in [0.1, 0.15) is 0 Å². The van der Waals surface area contributed by atoms with Crippen LogP contribution in [-0.4, -0.2) is 44.1 Å². The molecule has 0 aliphatic rings. The van der Waals surface area contributed by atoms with Gasteiger partial charge in [-0.3, -0.25) is 9.59 Å². The quantitative estimate of drug-likeness (QED) is 0.685. The number of esters is 1. The standard InChI is InChI=1S/C16H22N2O5/c1-11(9-22-3)18-15(20)10-23-16(21)14-6-4-13(5-7-14)8-17-12(2)19/h4-7,11H,8-10H2,1-3H3,(H,17,19)(H,18,20). The molecule has 0 spiro atoms. The summed E-state index contributed by atoms with van der Waals surface area (Å²) in [5.74, 6) is -1.09. The lowest BCUT2D eigenvalue weighted by molar-refractivity contribution is -0.125. The topological polar surface area (TPSA) is 93.7 Å². The zero-order valence-corrected chi connectivity index (χ0v) is 13.5. The van der Waals surface area contributed by atoms with Crippen molar-refractivity contribution in [3.63, 3.8) is 0 Å². The molecule has 0 saturated carbocycles. The van der Waals surface area contributed by atoms with Gasteiger partial charge in [-0.05, 0) is 24.6 Å². The highest BCUT2D eigenvalue weighted by atomic mass is 16.5. The third-order valence-corrected chi connectivity index (χ3v) is 2.89. The molecule has 0 fully saturated rings. The molecule has 1 atom stereocenters. The van der Waals surface area contributed by atoms with Gasteiger partial charge in [0.05, 0.1) is 12.2 Å². The van der Waals surface area contributed by atoms with Crippen molar-refractivity contribution in [3.8, 4) is 0 Å². The molecule has 0 bridgehead atoms. The number of rotatable bonds is 8. The summed E-state index contributed by atoms with van der Waals surface area (Å²) in [4.78, 5) is 34.3. The Kier molecular flexibility index (Phi) is 7.76. The second-order valence-corrected chi connectivity index (χ2v) is 5.11. The molecule has 0 saturated heterocycles. The van der Waals surface area contributed by atoms with Gasteiger partial charge in [-0.25, -0.2) is 4.79 Å². The summed E-state index contributed by atoms with van der Waals surface area (Å²) in [6.45, 7) is 3.65. The summed E-state index contributed by atoms with van der Waals surface area (Å²) in [6, 6.07) is 6.45. The van der Waals surface area contributed by atoms with Crippen LogP contribution in [-0.2, 0) is 25.6 Å². The fourth-order valence-electron chi connectivity index (χ4n) is 1.81. The first-order chi connectivity index (χ1) is 10.9. The number of nitrogens with one attached hydrogen (secondary N) is 2. The highest BCUT2D eigenvalue weighted by Gasteiger charge is 2.12. The highest BCUT2D eigenvalue weighted by Crippen LogP contribution is 2.06. The van der Waals surface area contributed by atoms with E-state index < -0.39 is 5.97 Å². The molecule has 1 rings (SSSR count). The van der Waals surface area contributed by atoms with Gasteiger partial charge >= 0.3 is 5.97 Å². The summed E-state index contributed by atoms with van der Waals surface area (Å²) < 4.78 is 9.84. The minimum absolute atomic E-state index is 0.123. The summed E-state index contributed by atoms with van der Waals surface area (Å²) in [5, 5.41) is 5.30. The number of methoxy groups -OCH3 is 1. The Morgan fingerprint density at radius 3 is 2.39 bits per heavy atom. The molecule has 0 aromatic heterocycles. The summed E-state index contributed by atoms with van der Waals surface area (Å²) >= 11 is 0. The predicted octanol–water partition coefficient (Wildman–Crippen LogP) is 0.631. The Morgan fingerprint density at radius 1 is 1.17 bits per heavy atom. The number of hydrogen-bond acceptors (Lipinski definition) is 5. The van der Waals surface area contributed by atoms with Gasteiger partial charge in [0.15, 0.2) is 6.61 Å². The van der Waals surface area contributed by atoms with Gasteiger partial charge in [-0.15, -0.1) is 0 Å². The maximum absolute atomic E-state index is 11.8. The molecule has 2 N–H and O–H groups in total. The fourth-order valence-corrected chi connectivity index (χ4v) is 1.81. The number of ether oxygens (including phenoxy) is 2. The first kappa shape index (κ1) is 18.6. The molecule has 0 radical (unpaired) electrons. The number of amides is 2. The van der Waals surface area contributed by atoms with Crippen molar-refractivity contribution in [1.82, 2.24) is 10.6 Å². The van der Waals surface area contributed by atoms with Crippen molar-refractivity contribution >= 4 is 17.8 Å². The molecule has 7 nitrogen and oxygen atoms in total. The number of carbonyl (C=O) groups is 3. The number of carbonyl (C=O) groups excluding carboxylic acids is 3. The molecule has 1 aromatic carbocycles. The Hall–Kier alpha value is -2.41. The normalized spacial score (nSPS) is 11.4. The van der Waals surface area contributed by atoms with Crippen LogP contribution in [0.1, 0.15) is 29.8 Å². The zero-order chi connectivity index (χ0) is 17.2. The lowest BCUT2D eigenvalue weighted by atomic mass is 10.1. The van der Waals surface area contributed by atoms with E-state index in [1.54, 1.807) is 31.2 Å². The van der Waals surface area contributed by atoms with E-state index in [4.69, 9.17) is 9.47 Å². The second kappa shape index (κ2) is 9.58. The molecule has 0 heterocycles. The molecule has 0 aliphatic carbocycles. The van der Waals surface area contributed by atoms with E-state index in [1.165, 1.54) is 14.0 Å². The third kappa shape index (κ3) is 7.42.